The molecule has 0 aromatic heterocycles. The Morgan fingerprint density at radius 1 is 0.750 bits per heavy atom. The third-order valence-electron chi connectivity index (χ3n) is 3.66. The van der Waals surface area contributed by atoms with Gasteiger partial charge >= 0.3 is 23.7 Å². The molecular formula is C14H22F8O2. The van der Waals surface area contributed by atoms with E-state index in [2.05, 4.69) is 0 Å². The fourth-order valence-corrected chi connectivity index (χ4v) is 1.99. The van der Waals surface area contributed by atoms with E-state index in [1.54, 1.807) is 6.92 Å². The average molecular weight is 374 g/mol. The lowest BCUT2D eigenvalue weighted by Crippen LogP contribution is -2.62. The van der Waals surface area contributed by atoms with Crippen molar-refractivity contribution in [2.75, 3.05) is 6.61 Å². The number of unbranched alkanes of at least 4 members (excludes halogenated alkanes) is 3. The minimum Gasteiger partial charge on any atom is -0.394 e. The molecule has 2 N–H and O–H groups in total. The molecule has 1 atom stereocenters. The largest absolute Gasteiger partial charge is 0.394 e. The molecule has 0 aliphatic rings. The van der Waals surface area contributed by atoms with Crippen molar-refractivity contribution in [3.05, 3.63) is 0 Å². The Morgan fingerprint density at radius 2 is 1.21 bits per heavy atom. The first-order chi connectivity index (χ1) is 10.8. The highest BCUT2D eigenvalue weighted by Gasteiger charge is 2.79. The summed E-state index contributed by atoms with van der Waals surface area (Å²) in [5.74, 6) is -23.3. The van der Waals surface area contributed by atoms with Crippen molar-refractivity contribution in [3.8, 4) is 0 Å². The summed E-state index contributed by atoms with van der Waals surface area (Å²) in [4.78, 5) is 0. The first-order valence-electron chi connectivity index (χ1n) is 7.57. The van der Waals surface area contributed by atoms with Crippen LogP contribution >= 0.6 is 0 Å². The molecule has 0 aliphatic heterocycles. The fourth-order valence-electron chi connectivity index (χ4n) is 1.99. The Kier molecular flexibility index (Phi) is 8.41. The van der Waals surface area contributed by atoms with Crippen molar-refractivity contribution in [1.29, 1.82) is 0 Å². The van der Waals surface area contributed by atoms with Crippen LogP contribution in [0.2, 0.25) is 0 Å². The molecule has 0 bridgehead atoms. The monoisotopic (exact) mass is 374 g/mol. The van der Waals surface area contributed by atoms with E-state index in [-0.39, 0.29) is 6.42 Å². The standard InChI is InChI=1S/C14H22F8O2/c1-2-3-4-5-7-11(15,16)13(19,20)14(21,22)12(17,18)8-6-10(24)9-23/h10,23-24H,2-9H2,1H3. The van der Waals surface area contributed by atoms with Gasteiger partial charge < -0.3 is 10.2 Å². The van der Waals surface area contributed by atoms with Gasteiger partial charge in [-0.2, -0.15) is 35.1 Å². The Hall–Kier alpha value is -0.640. The number of hydrogen-bond acceptors (Lipinski definition) is 2. The number of hydrogen-bond donors (Lipinski definition) is 2. The lowest BCUT2D eigenvalue weighted by atomic mass is 9.92. The molecule has 146 valence electrons. The minimum atomic E-state index is -6.30. The molecule has 0 fully saturated rings. The zero-order valence-corrected chi connectivity index (χ0v) is 13.2. The van der Waals surface area contributed by atoms with E-state index in [9.17, 15) is 35.1 Å². The van der Waals surface area contributed by atoms with Gasteiger partial charge in [0.2, 0.25) is 0 Å². The first kappa shape index (κ1) is 23.4. The maximum absolute atomic E-state index is 13.5. The van der Waals surface area contributed by atoms with E-state index >= 15 is 0 Å². The summed E-state index contributed by atoms with van der Waals surface area (Å²) in [6.07, 6.45) is -5.98. The third-order valence-corrected chi connectivity index (χ3v) is 3.66. The highest BCUT2D eigenvalue weighted by molar-refractivity contribution is 5.03. The van der Waals surface area contributed by atoms with Gasteiger partial charge in [-0.3, -0.25) is 0 Å². The molecule has 2 nitrogen and oxygen atoms in total. The quantitative estimate of drug-likeness (QED) is 0.386. The van der Waals surface area contributed by atoms with Crippen LogP contribution < -0.4 is 0 Å². The predicted octanol–water partition coefficient (Wildman–Crippen LogP) is 4.63. The van der Waals surface area contributed by atoms with Crippen LogP contribution in [0.4, 0.5) is 35.1 Å². The number of aliphatic hydroxyl groups is 2. The van der Waals surface area contributed by atoms with Crippen molar-refractivity contribution in [1.82, 2.24) is 0 Å². The molecule has 0 saturated carbocycles. The van der Waals surface area contributed by atoms with Crippen molar-refractivity contribution >= 4 is 0 Å². The number of halogens is 8. The second kappa shape index (κ2) is 8.64. The smallest absolute Gasteiger partial charge is 0.378 e. The Balaban J connectivity index is 5.17. The first-order valence-corrected chi connectivity index (χ1v) is 7.57. The second-order valence-electron chi connectivity index (χ2n) is 5.74. The van der Waals surface area contributed by atoms with Crippen molar-refractivity contribution in [2.45, 2.75) is 81.7 Å². The molecule has 10 heteroatoms. The molecule has 0 rings (SSSR count). The maximum atomic E-state index is 13.5. The zero-order valence-electron chi connectivity index (χ0n) is 13.2. The summed E-state index contributed by atoms with van der Waals surface area (Å²) in [5, 5.41) is 17.3. The molecule has 0 aliphatic carbocycles. The molecular weight excluding hydrogens is 352 g/mol. The van der Waals surface area contributed by atoms with Gasteiger partial charge in [0.15, 0.2) is 0 Å². The number of alkyl halides is 8. The SMILES string of the molecule is CCCCCCC(F)(F)C(F)(F)C(F)(F)C(F)(F)CCC(O)CO. The van der Waals surface area contributed by atoms with Crippen molar-refractivity contribution in [3.63, 3.8) is 0 Å². The van der Waals surface area contributed by atoms with Crippen LogP contribution in [0, 0.1) is 0 Å². The van der Waals surface area contributed by atoms with Crippen LogP contribution in [-0.2, 0) is 0 Å². The van der Waals surface area contributed by atoms with Crippen LogP contribution in [0.5, 0.6) is 0 Å². The summed E-state index contributed by atoms with van der Waals surface area (Å²) in [6, 6.07) is 0. The molecule has 0 aromatic rings. The molecule has 0 heterocycles. The van der Waals surface area contributed by atoms with E-state index < -0.39 is 62.1 Å². The normalized spacial score (nSPS) is 15.6. The van der Waals surface area contributed by atoms with Gasteiger partial charge in [-0.05, 0) is 12.8 Å². The lowest BCUT2D eigenvalue weighted by Gasteiger charge is -2.37. The highest BCUT2D eigenvalue weighted by Crippen LogP contribution is 2.55. The fraction of sp³-hybridized carbons (Fsp3) is 1.00. The van der Waals surface area contributed by atoms with Crippen LogP contribution in [0.25, 0.3) is 0 Å². The van der Waals surface area contributed by atoms with Crippen LogP contribution in [0.1, 0.15) is 51.9 Å². The van der Waals surface area contributed by atoms with Crippen molar-refractivity contribution < 1.29 is 45.3 Å². The van der Waals surface area contributed by atoms with Crippen LogP contribution in [0.3, 0.4) is 0 Å². The average Bonchev–Trinajstić information content (AvgIpc) is 2.48. The van der Waals surface area contributed by atoms with Crippen LogP contribution in [0.15, 0.2) is 0 Å². The van der Waals surface area contributed by atoms with Gasteiger partial charge in [0.25, 0.3) is 0 Å². The summed E-state index contributed by atoms with van der Waals surface area (Å²) in [7, 11) is 0. The van der Waals surface area contributed by atoms with Gasteiger partial charge in [0.05, 0.1) is 12.7 Å². The lowest BCUT2D eigenvalue weighted by molar-refractivity contribution is -0.368. The summed E-state index contributed by atoms with van der Waals surface area (Å²) in [6.45, 7) is 0.661. The topological polar surface area (TPSA) is 40.5 Å². The van der Waals surface area contributed by atoms with E-state index in [0.29, 0.717) is 12.8 Å². The van der Waals surface area contributed by atoms with E-state index in [4.69, 9.17) is 10.2 Å². The molecule has 1 unspecified atom stereocenters. The molecule has 0 spiro atoms. The van der Waals surface area contributed by atoms with Crippen molar-refractivity contribution in [2.24, 2.45) is 0 Å². The van der Waals surface area contributed by atoms with E-state index in [1.165, 1.54) is 0 Å². The van der Waals surface area contributed by atoms with Gasteiger partial charge in [0.1, 0.15) is 0 Å². The Labute approximate surface area is 134 Å². The van der Waals surface area contributed by atoms with Crippen LogP contribution in [-0.4, -0.2) is 46.6 Å². The maximum Gasteiger partial charge on any atom is 0.378 e. The zero-order chi connectivity index (χ0) is 19.2. The molecule has 24 heavy (non-hydrogen) atoms. The minimum absolute atomic E-state index is 0.0901. The summed E-state index contributed by atoms with van der Waals surface area (Å²) >= 11 is 0. The number of rotatable bonds is 12. The molecule has 0 amide bonds. The highest BCUT2D eigenvalue weighted by atomic mass is 19.4. The van der Waals surface area contributed by atoms with E-state index in [0.717, 1.165) is 0 Å². The van der Waals surface area contributed by atoms with Gasteiger partial charge in [0, 0.05) is 12.8 Å². The second-order valence-corrected chi connectivity index (χ2v) is 5.74. The molecule has 0 aromatic carbocycles. The van der Waals surface area contributed by atoms with Gasteiger partial charge in [-0.1, -0.05) is 26.2 Å². The predicted molar refractivity (Wildman–Crippen MR) is 70.9 cm³/mol. The Morgan fingerprint density at radius 3 is 1.62 bits per heavy atom. The van der Waals surface area contributed by atoms with E-state index in [1.807, 2.05) is 0 Å². The third kappa shape index (κ3) is 5.18. The van der Waals surface area contributed by atoms with Gasteiger partial charge in [-0.15, -0.1) is 0 Å². The number of aliphatic hydroxyl groups excluding tert-OH is 2. The summed E-state index contributed by atoms with van der Waals surface area (Å²) < 4.78 is 108. The molecule has 0 saturated heterocycles. The Bertz CT molecular complexity index is 374. The molecule has 0 radical (unpaired) electrons. The summed E-state index contributed by atoms with van der Waals surface area (Å²) in [5.41, 5.74) is 0. The van der Waals surface area contributed by atoms with Gasteiger partial charge in [-0.25, -0.2) is 0 Å².